The quantitative estimate of drug-likeness (QED) is 0.660. The van der Waals surface area contributed by atoms with E-state index in [1.165, 1.54) is 18.2 Å². The minimum absolute atomic E-state index is 0.135. The number of aromatic nitrogens is 2. The van der Waals surface area contributed by atoms with Gasteiger partial charge in [0.15, 0.2) is 0 Å². The van der Waals surface area contributed by atoms with Crippen molar-refractivity contribution in [2.75, 3.05) is 0 Å². The highest BCUT2D eigenvalue weighted by Gasteiger charge is 2.18. The zero-order chi connectivity index (χ0) is 14.7. The first-order valence-electron chi connectivity index (χ1n) is 5.73. The van der Waals surface area contributed by atoms with E-state index in [4.69, 9.17) is 0 Å². The van der Waals surface area contributed by atoms with Crippen molar-refractivity contribution in [1.82, 2.24) is 15.3 Å². The lowest BCUT2D eigenvalue weighted by atomic mass is 10.1. The Hall–Kier alpha value is -2.22. The number of amides is 1. The maximum atomic E-state index is 12.1. The van der Waals surface area contributed by atoms with Gasteiger partial charge in [-0.1, -0.05) is 0 Å². The third-order valence-corrected chi connectivity index (χ3v) is 3.37. The molecule has 2 N–H and O–H groups in total. The molecule has 0 spiro atoms. The van der Waals surface area contributed by atoms with Crippen LogP contribution in [0.4, 0.5) is 5.69 Å². The van der Waals surface area contributed by atoms with Crippen molar-refractivity contribution in [1.29, 1.82) is 0 Å². The van der Waals surface area contributed by atoms with E-state index in [0.29, 0.717) is 10.3 Å². The van der Waals surface area contributed by atoms with E-state index in [9.17, 15) is 14.9 Å². The van der Waals surface area contributed by atoms with E-state index in [2.05, 4.69) is 31.2 Å². The van der Waals surface area contributed by atoms with Gasteiger partial charge in [0.2, 0.25) is 0 Å². The standard InChI is InChI=1S/C12H11BrN4O3/c1-7(11-14-4-5-15-11)16-12(18)9-6-8(17(19)20)2-3-10(9)13/h2-7H,1H3,(H,14,15)(H,16,18). The maximum Gasteiger partial charge on any atom is 0.270 e. The number of H-pyrrole nitrogens is 1. The lowest BCUT2D eigenvalue weighted by Gasteiger charge is -2.12. The Bertz CT molecular complexity index is 642. The highest BCUT2D eigenvalue weighted by atomic mass is 79.9. The number of non-ortho nitro benzene ring substituents is 1. The SMILES string of the molecule is CC(NC(=O)c1cc([N+](=O)[O-])ccc1Br)c1ncc[nH]1. The maximum absolute atomic E-state index is 12.1. The molecular weight excluding hydrogens is 328 g/mol. The fourth-order valence-corrected chi connectivity index (χ4v) is 2.08. The summed E-state index contributed by atoms with van der Waals surface area (Å²) in [5.74, 6) is 0.198. The van der Waals surface area contributed by atoms with E-state index in [1.807, 2.05) is 0 Å². The monoisotopic (exact) mass is 338 g/mol. The summed E-state index contributed by atoms with van der Waals surface area (Å²) in [6.45, 7) is 1.77. The number of nitrogens with one attached hydrogen (secondary N) is 2. The first-order chi connectivity index (χ1) is 9.49. The molecule has 1 amide bonds. The van der Waals surface area contributed by atoms with Crippen molar-refractivity contribution in [2.24, 2.45) is 0 Å². The van der Waals surface area contributed by atoms with Crippen LogP contribution in [0.5, 0.6) is 0 Å². The van der Waals surface area contributed by atoms with Crippen LogP contribution in [-0.4, -0.2) is 20.8 Å². The number of nitro benzene ring substituents is 1. The number of rotatable bonds is 4. The molecule has 7 nitrogen and oxygen atoms in total. The summed E-state index contributed by atoms with van der Waals surface area (Å²) in [5, 5.41) is 13.5. The van der Waals surface area contributed by atoms with Gasteiger partial charge < -0.3 is 10.3 Å². The van der Waals surface area contributed by atoms with Crippen LogP contribution in [0.2, 0.25) is 0 Å². The van der Waals surface area contributed by atoms with E-state index >= 15 is 0 Å². The molecule has 8 heteroatoms. The molecule has 0 aliphatic rings. The van der Waals surface area contributed by atoms with E-state index < -0.39 is 10.8 Å². The third kappa shape index (κ3) is 3.02. The van der Waals surface area contributed by atoms with Gasteiger partial charge in [0.25, 0.3) is 11.6 Å². The number of nitro groups is 1. The van der Waals surface area contributed by atoms with Crippen molar-refractivity contribution in [3.05, 3.63) is 56.6 Å². The van der Waals surface area contributed by atoms with Crippen molar-refractivity contribution in [2.45, 2.75) is 13.0 Å². The minimum atomic E-state index is -0.542. The van der Waals surface area contributed by atoms with Crippen LogP contribution in [0, 0.1) is 10.1 Å². The number of carbonyl (C=O) groups excluding carboxylic acids is 1. The smallest absolute Gasteiger partial charge is 0.270 e. The highest BCUT2D eigenvalue weighted by molar-refractivity contribution is 9.10. The van der Waals surface area contributed by atoms with Crippen molar-refractivity contribution >= 4 is 27.5 Å². The number of hydrogen-bond donors (Lipinski definition) is 2. The molecule has 0 aliphatic carbocycles. The molecule has 0 bridgehead atoms. The predicted octanol–water partition coefficient (Wildman–Crippen LogP) is 2.57. The Labute approximate surface area is 122 Å². The normalized spacial score (nSPS) is 11.9. The van der Waals surface area contributed by atoms with Gasteiger partial charge in [-0.2, -0.15) is 0 Å². The van der Waals surface area contributed by atoms with Gasteiger partial charge in [0.1, 0.15) is 5.82 Å². The summed E-state index contributed by atoms with van der Waals surface area (Å²) in [6.07, 6.45) is 3.24. The number of aromatic amines is 1. The third-order valence-electron chi connectivity index (χ3n) is 2.68. The number of halogens is 1. The molecule has 2 rings (SSSR count). The Morgan fingerprint density at radius 1 is 1.55 bits per heavy atom. The predicted molar refractivity (Wildman–Crippen MR) is 75.3 cm³/mol. The van der Waals surface area contributed by atoms with Crippen LogP contribution in [0.15, 0.2) is 35.1 Å². The molecule has 2 aromatic rings. The molecule has 1 aromatic heterocycles. The van der Waals surface area contributed by atoms with Gasteiger partial charge in [-0.15, -0.1) is 0 Å². The number of carbonyl (C=O) groups is 1. The van der Waals surface area contributed by atoms with Gasteiger partial charge in [0, 0.05) is 29.0 Å². The fraction of sp³-hybridized carbons (Fsp3) is 0.167. The molecule has 20 heavy (non-hydrogen) atoms. The van der Waals surface area contributed by atoms with Crippen LogP contribution in [0.3, 0.4) is 0 Å². The first kappa shape index (κ1) is 14.2. The Balaban J connectivity index is 2.20. The summed E-state index contributed by atoms with van der Waals surface area (Å²) in [4.78, 5) is 29.3. The average molecular weight is 339 g/mol. The molecule has 1 atom stereocenters. The molecule has 0 fully saturated rings. The molecule has 1 aromatic carbocycles. The molecule has 104 valence electrons. The number of hydrogen-bond acceptors (Lipinski definition) is 4. The second-order valence-electron chi connectivity index (χ2n) is 4.09. The molecule has 1 unspecified atom stereocenters. The number of imidazole rings is 1. The Kier molecular flexibility index (Phi) is 4.14. The van der Waals surface area contributed by atoms with Crippen molar-refractivity contribution in [3.8, 4) is 0 Å². The summed E-state index contributed by atoms with van der Waals surface area (Å²) in [6, 6.07) is 3.71. The summed E-state index contributed by atoms with van der Waals surface area (Å²) in [5.41, 5.74) is 0.0709. The van der Waals surface area contributed by atoms with Gasteiger partial charge in [-0.25, -0.2) is 4.98 Å². The molecular formula is C12H11BrN4O3. The number of benzene rings is 1. The minimum Gasteiger partial charge on any atom is -0.347 e. The van der Waals surface area contributed by atoms with Crippen LogP contribution in [0.25, 0.3) is 0 Å². The Morgan fingerprint density at radius 3 is 2.90 bits per heavy atom. The molecule has 1 heterocycles. The van der Waals surface area contributed by atoms with Crippen molar-refractivity contribution < 1.29 is 9.72 Å². The van der Waals surface area contributed by atoms with Crippen LogP contribution >= 0.6 is 15.9 Å². The largest absolute Gasteiger partial charge is 0.347 e. The zero-order valence-electron chi connectivity index (χ0n) is 10.5. The Morgan fingerprint density at radius 2 is 2.30 bits per heavy atom. The van der Waals surface area contributed by atoms with Crippen LogP contribution < -0.4 is 5.32 Å². The van der Waals surface area contributed by atoms with Crippen molar-refractivity contribution in [3.63, 3.8) is 0 Å². The summed E-state index contributed by atoms with van der Waals surface area (Å²) >= 11 is 3.21. The van der Waals surface area contributed by atoms with E-state index in [0.717, 1.165) is 0 Å². The number of nitrogens with zero attached hydrogens (tertiary/aromatic N) is 2. The average Bonchev–Trinajstić information content (AvgIpc) is 2.92. The lowest BCUT2D eigenvalue weighted by molar-refractivity contribution is -0.384. The van der Waals surface area contributed by atoms with E-state index in [-0.39, 0.29) is 17.3 Å². The second-order valence-corrected chi connectivity index (χ2v) is 4.95. The van der Waals surface area contributed by atoms with E-state index in [1.54, 1.807) is 19.3 Å². The molecule has 0 saturated carbocycles. The van der Waals surface area contributed by atoms with Gasteiger partial charge in [-0.3, -0.25) is 14.9 Å². The van der Waals surface area contributed by atoms with Gasteiger partial charge in [-0.05, 0) is 28.9 Å². The van der Waals surface area contributed by atoms with Gasteiger partial charge in [0.05, 0.1) is 16.5 Å². The second kappa shape index (κ2) is 5.83. The van der Waals surface area contributed by atoms with Gasteiger partial charge >= 0.3 is 0 Å². The molecule has 0 saturated heterocycles. The topological polar surface area (TPSA) is 101 Å². The summed E-state index contributed by atoms with van der Waals surface area (Å²) in [7, 11) is 0. The molecule has 0 radical (unpaired) electrons. The van der Waals surface area contributed by atoms with Crippen LogP contribution in [-0.2, 0) is 0 Å². The highest BCUT2D eigenvalue weighted by Crippen LogP contribution is 2.23. The lowest BCUT2D eigenvalue weighted by Crippen LogP contribution is -2.27. The first-order valence-corrected chi connectivity index (χ1v) is 6.52. The van der Waals surface area contributed by atoms with Crippen LogP contribution in [0.1, 0.15) is 29.1 Å². The summed E-state index contributed by atoms with van der Waals surface area (Å²) < 4.78 is 0.493. The molecule has 0 aliphatic heterocycles. The fourth-order valence-electron chi connectivity index (χ4n) is 1.66. The zero-order valence-corrected chi connectivity index (χ0v) is 12.0.